The van der Waals surface area contributed by atoms with Crippen LogP contribution < -0.4 is 21.1 Å². The molecule has 0 aliphatic carbocycles. The average Bonchev–Trinajstić information content (AvgIpc) is 3.92. The van der Waals surface area contributed by atoms with Crippen molar-refractivity contribution in [2.24, 2.45) is 5.41 Å². The van der Waals surface area contributed by atoms with Gasteiger partial charge in [-0.05, 0) is 48.1 Å². The molecule has 350 valence electrons. The molecule has 0 spiro atoms. The number of nitrogens with one attached hydrogen (secondary N) is 2. The molecule has 1 fully saturated rings. The quantitative estimate of drug-likeness (QED) is 0.0635. The Kier molecular flexibility index (Phi) is 16.5. The number of nitrogen functional groups attached to an aromatic ring is 1. The number of hydrogen-bond acceptors (Lipinski definition) is 13. The number of aromatic nitrogens is 3. The minimum Gasteiger partial charge on any atom is -0.507 e. The van der Waals surface area contributed by atoms with Gasteiger partial charge in [-0.2, -0.15) is 0 Å². The molecular weight excluding hydrogens is 861 g/mol. The second-order valence-electron chi connectivity index (χ2n) is 17.7. The maximum absolute atomic E-state index is 14.1. The van der Waals surface area contributed by atoms with E-state index in [1.165, 1.54) is 4.90 Å². The van der Waals surface area contributed by atoms with Gasteiger partial charge in [0.25, 0.3) is 0 Å². The number of para-hydroxylation sites is 1. The Bertz CT molecular complexity index is 2440. The van der Waals surface area contributed by atoms with Gasteiger partial charge in [0.05, 0.1) is 54.5 Å². The van der Waals surface area contributed by atoms with Crippen LogP contribution >= 0.6 is 11.3 Å². The molecule has 6 N–H and O–H groups in total. The van der Waals surface area contributed by atoms with Gasteiger partial charge in [-0.15, -0.1) is 21.5 Å². The number of likely N-dealkylation sites (N-methyl/N-ethyl adjacent to an activating group) is 1. The number of aliphatic hydroxyl groups is 1. The van der Waals surface area contributed by atoms with Crippen LogP contribution in [-0.2, 0) is 23.9 Å². The second-order valence-corrected chi connectivity index (χ2v) is 18.5. The average molecular weight is 921 g/mol. The maximum Gasteiger partial charge on any atom is 0.246 e. The van der Waals surface area contributed by atoms with Crippen LogP contribution in [0.15, 0.2) is 90.4 Å². The highest BCUT2D eigenvalue weighted by atomic mass is 32.1. The summed E-state index contributed by atoms with van der Waals surface area (Å²) in [6.07, 6.45) is -0.837. The fourth-order valence-electron chi connectivity index (χ4n) is 7.79. The molecule has 5 aromatic rings. The number of carbonyl (C=O) groups is 4. The summed E-state index contributed by atoms with van der Waals surface area (Å²) in [4.78, 5) is 62.7. The van der Waals surface area contributed by atoms with Crippen molar-refractivity contribution in [2.45, 2.75) is 84.0 Å². The van der Waals surface area contributed by atoms with Gasteiger partial charge >= 0.3 is 0 Å². The first-order valence-electron chi connectivity index (χ1n) is 22.0. The van der Waals surface area contributed by atoms with Gasteiger partial charge < -0.3 is 45.9 Å². The summed E-state index contributed by atoms with van der Waals surface area (Å²) in [6, 6.07) is 23.6. The predicted octanol–water partition coefficient (Wildman–Crippen LogP) is 5.65. The van der Waals surface area contributed by atoms with Crippen LogP contribution in [0, 0.1) is 12.3 Å². The van der Waals surface area contributed by atoms with E-state index in [2.05, 4.69) is 25.8 Å². The van der Waals surface area contributed by atoms with E-state index in [0.29, 0.717) is 23.6 Å². The van der Waals surface area contributed by atoms with Gasteiger partial charge in [-0.25, -0.2) is 4.98 Å². The summed E-state index contributed by atoms with van der Waals surface area (Å²) in [5.74, 6) is -1.28. The van der Waals surface area contributed by atoms with Crippen LogP contribution in [0.3, 0.4) is 0 Å². The normalized spacial score (nSPS) is 16.3. The van der Waals surface area contributed by atoms with E-state index in [0.717, 1.165) is 27.3 Å². The molecule has 1 aliphatic heterocycles. The van der Waals surface area contributed by atoms with Gasteiger partial charge in [0.1, 0.15) is 23.5 Å². The van der Waals surface area contributed by atoms with Gasteiger partial charge in [-0.3, -0.25) is 19.2 Å². The van der Waals surface area contributed by atoms with Crippen molar-refractivity contribution in [1.29, 1.82) is 0 Å². The molecule has 3 heterocycles. The summed E-state index contributed by atoms with van der Waals surface area (Å²) in [5.41, 5.74) is 11.9. The molecule has 1 saturated heterocycles. The zero-order valence-electron chi connectivity index (χ0n) is 38.3. The second kappa shape index (κ2) is 22.2. The highest BCUT2D eigenvalue weighted by Crippen LogP contribution is 2.33. The highest BCUT2D eigenvalue weighted by Gasteiger charge is 2.44. The zero-order valence-corrected chi connectivity index (χ0v) is 39.1. The van der Waals surface area contributed by atoms with E-state index in [1.807, 2.05) is 94.7 Å². The van der Waals surface area contributed by atoms with E-state index < -0.39 is 35.4 Å². The van der Waals surface area contributed by atoms with Crippen LogP contribution in [-0.4, -0.2) is 117 Å². The molecule has 6 rings (SSSR count). The van der Waals surface area contributed by atoms with E-state index in [-0.39, 0.29) is 81.0 Å². The molecule has 2 unspecified atom stereocenters. The van der Waals surface area contributed by atoms with Crippen molar-refractivity contribution in [1.82, 2.24) is 35.6 Å². The minimum absolute atomic E-state index is 0.00858. The number of amides is 4. The first-order chi connectivity index (χ1) is 31.5. The van der Waals surface area contributed by atoms with E-state index >= 15 is 0 Å². The Balaban J connectivity index is 0.973. The molecule has 1 aliphatic rings. The molecule has 3 aromatic carbocycles. The Labute approximate surface area is 389 Å². The van der Waals surface area contributed by atoms with Crippen LogP contribution in [0.1, 0.15) is 75.7 Å². The Morgan fingerprint density at radius 1 is 0.955 bits per heavy atom. The first kappa shape index (κ1) is 49.0. The molecule has 0 saturated carbocycles. The number of rotatable bonds is 19. The predicted molar refractivity (Wildman–Crippen MR) is 252 cm³/mol. The van der Waals surface area contributed by atoms with Gasteiger partial charge in [0, 0.05) is 50.5 Å². The third-order valence-electron chi connectivity index (χ3n) is 11.6. The SMILES string of the molecule is Cc1ncsc1-c1ccc([C@H](C)NC(=O)[C@@H]2C[C@@H](O)CN2C(=O)C(NC(=O)CCOCCC(=O)N(C)CC(COc2cc(-c3ccccc3O)nnc2N)c2ccccc2)C(C)(C)C)cc1. The number of ether oxygens (including phenoxy) is 2. The largest absolute Gasteiger partial charge is 0.507 e. The number of β-amino-alcohol motifs (C(OH)–C–C–N with tert-alkyl or cyclic N) is 1. The number of carbonyl (C=O) groups excluding carboxylic acids is 4. The first-order valence-corrected chi connectivity index (χ1v) is 22.9. The van der Waals surface area contributed by atoms with Crippen LogP contribution in [0.4, 0.5) is 5.82 Å². The standard InChI is InChI=1S/C49H60N8O8S/c1-30(32-16-18-34(19-17-32)44-31(2)51-29-66-44)52-47(62)39-24-36(58)27-57(39)48(63)45(49(3,4)5)53-42(60)20-22-64-23-21-43(61)56(6)26-35(33-12-8-7-9-13-33)28-65-41-25-38(54-55-46(41)50)37-14-10-11-15-40(37)59/h7-19,25,29-30,35-36,39,45,58-59H,20-24,26-28H2,1-6H3,(H2,50,55)(H,52,62)(H,53,60)/t30-,35?,36+,39-,45?/m0/s1. The molecule has 2 aromatic heterocycles. The van der Waals surface area contributed by atoms with E-state index in [4.69, 9.17) is 15.2 Å². The van der Waals surface area contributed by atoms with Crippen molar-refractivity contribution in [2.75, 3.05) is 45.7 Å². The van der Waals surface area contributed by atoms with Crippen molar-refractivity contribution < 1.29 is 38.9 Å². The third-order valence-corrected chi connectivity index (χ3v) is 12.6. The molecule has 66 heavy (non-hydrogen) atoms. The van der Waals surface area contributed by atoms with Crippen LogP contribution in [0.2, 0.25) is 0 Å². The maximum atomic E-state index is 14.1. The van der Waals surface area contributed by atoms with Crippen LogP contribution in [0.25, 0.3) is 21.7 Å². The Morgan fingerprint density at radius 3 is 2.33 bits per heavy atom. The minimum atomic E-state index is -0.992. The Hall–Kier alpha value is -6.43. The number of phenols is 1. The van der Waals surface area contributed by atoms with Crippen molar-refractivity contribution in [3.8, 4) is 33.2 Å². The van der Waals surface area contributed by atoms with Gasteiger partial charge in [0.15, 0.2) is 11.6 Å². The molecule has 16 nitrogen and oxygen atoms in total. The molecule has 17 heteroatoms. The monoisotopic (exact) mass is 920 g/mol. The van der Waals surface area contributed by atoms with E-state index in [1.54, 1.807) is 53.6 Å². The zero-order chi connectivity index (χ0) is 47.5. The number of aryl methyl sites for hydroxylation is 1. The van der Waals surface area contributed by atoms with E-state index in [9.17, 15) is 29.4 Å². The van der Waals surface area contributed by atoms with Crippen LogP contribution in [0.5, 0.6) is 11.5 Å². The lowest BCUT2D eigenvalue weighted by atomic mass is 9.85. The van der Waals surface area contributed by atoms with Crippen molar-refractivity contribution in [3.63, 3.8) is 0 Å². The van der Waals surface area contributed by atoms with Gasteiger partial charge in [0.2, 0.25) is 23.6 Å². The summed E-state index contributed by atoms with van der Waals surface area (Å²) < 4.78 is 11.9. The highest BCUT2D eigenvalue weighted by molar-refractivity contribution is 7.13. The third kappa shape index (κ3) is 12.7. The fourth-order valence-corrected chi connectivity index (χ4v) is 8.60. The Morgan fingerprint density at radius 2 is 1.65 bits per heavy atom. The lowest BCUT2D eigenvalue weighted by Gasteiger charge is -2.35. The number of hydrogen-bond donors (Lipinski definition) is 5. The number of aromatic hydroxyl groups is 1. The summed E-state index contributed by atoms with van der Waals surface area (Å²) in [7, 11) is 1.70. The lowest BCUT2D eigenvalue weighted by molar-refractivity contribution is -0.144. The number of phenolic OH excluding ortho intramolecular Hbond substituents is 1. The molecule has 5 atom stereocenters. The fraction of sp³-hybridized carbons (Fsp3) is 0.408. The molecule has 0 bridgehead atoms. The van der Waals surface area contributed by atoms with Crippen molar-refractivity contribution in [3.05, 3.63) is 107 Å². The summed E-state index contributed by atoms with van der Waals surface area (Å²) in [5, 5.41) is 35.0. The number of benzene rings is 3. The topological polar surface area (TPSA) is 222 Å². The number of aliphatic hydroxyl groups excluding tert-OH is 1. The number of likely N-dealkylation sites (tertiary alicyclic amines) is 1. The number of nitrogens with two attached hydrogens (primary N) is 1. The number of anilines is 1. The lowest BCUT2D eigenvalue weighted by Crippen LogP contribution is -2.58. The number of thiazole rings is 1. The summed E-state index contributed by atoms with van der Waals surface area (Å²) in [6.45, 7) is 9.81. The summed E-state index contributed by atoms with van der Waals surface area (Å²) >= 11 is 1.56. The smallest absolute Gasteiger partial charge is 0.246 e. The van der Waals surface area contributed by atoms with Crippen molar-refractivity contribution >= 4 is 40.8 Å². The molecule has 0 radical (unpaired) electrons. The number of nitrogens with zero attached hydrogens (tertiary/aromatic N) is 5. The van der Waals surface area contributed by atoms with Gasteiger partial charge in [-0.1, -0.05) is 87.5 Å². The molecular formula is C49H60N8O8S. The molecule has 4 amide bonds.